The van der Waals surface area contributed by atoms with Crippen molar-refractivity contribution in [2.75, 3.05) is 0 Å². The molecule has 0 spiro atoms. The number of halogens is 3. The fourth-order valence-electron chi connectivity index (χ4n) is 2.48. The Labute approximate surface area is 121 Å². The van der Waals surface area contributed by atoms with Gasteiger partial charge in [-0.3, -0.25) is 4.79 Å². The molecule has 0 unspecified atom stereocenters. The number of aliphatic carboxylic acids is 1. The Morgan fingerprint density at radius 2 is 1.67 bits per heavy atom. The predicted molar refractivity (Wildman–Crippen MR) is 69.7 cm³/mol. The quantitative estimate of drug-likeness (QED) is 0.746. The van der Waals surface area contributed by atoms with E-state index in [0.717, 1.165) is 0 Å². The van der Waals surface area contributed by atoms with E-state index in [1.54, 1.807) is 0 Å². The fraction of sp³-hybridized carbons (Fsp3) is 0.846. The molecule has 0 heterocycles. The number of carboxylic acid groups (broad SMARTS) is 1. The van der Waals surface area contributed by atoms with E-state index in [-0.39, 0.29) is 6.04 Å². The molecule has 0 aromatic heterocycles. The van der Waals surface area contributed by atoms with Crippen LogP contribution in [-0.2, 0) is 4.79 Å². The van der Waals surface area contributed by atoms with Crippen LogP contribution in [0.5, 0.6) is 0 Å². The third kappa shape index (κ3) is 5.43. The molecule has 0 saturated heterocycles. The molecule has 1 aliphatic rings. The molecule has 0 radical (unpaired) electrons. The van der Waals surface area contributed by atoms with Crippen molar-refractivity contribution in [3.63, 3.8) is 0 Å². The molecule has 1 atom stereocenters. The zero-order valence-electron chi connectivity index (χ0n) is 12.0. The number of hydrogen-bond donors (Lipinski definition) is 3. The van der Waals surface area contributed by atoms with Crippen molar-refractivity contribution in [2.45, 2.75) is 57.8 Å². The van der Waals surface area contributed by atoms with Crippen molar-refractivity contribution in [1.82, 2.24) is 10.6 Å². The highest BCUT2D eigenvalue weighted by Crippen LogP contribution is 2.26. The summed E-state index contributed by atoms with van der Waals surface area (Å²) in [5.41, 5.74) is 0. The first-order valence-electron chi connectivity index (χ1n) is 6.97. The molecule has 122 valence electrons. The standard InChI is InChI=1S/C13H21F3N2O3/c1-7(2)10(13(14,15)16)18-12(21)17-9-5-3-8(4-6-9)11(19)20/h7-10H,3-6H2,1-2H3,(H,19,20)(H2,17,18,21)/t8?,9?,10-/m0/s1. The lowest BCUT2D eigenvalue weighted by atomic mass is 9.86. The van der Waals surface area contributed by atoms with Crippen molar-refractivity contribution in [1.29, 1.82) is 0 Å². The van der Waals surface area contributed by atoms with Gasteiger partial charge in [-0.1, -0.05) is 13.8 Å². The molecular weight excluding hydrogens is 289 g/mol. The number of carbonyl (C=O) groups excluding carboxylic acids is 1. The smallest absolute Gasteiger partial charge is 0.408 e. The van der Waals surface area contributed by atoms with Crippen LogP contribution in [0.1, 0.15) is 39.5 Å². The minimum Gasteiger partial charge on any atom is -0.481 e. The van der Waals surface area contributed by atoms with E-state index in [4.69, 9.17) is 5.11 Å². The maximum Gasteiger partial charge on any atom is 0.408 e. The van der Waals surface area contributed by atoms with Crippen LogP contribution in [0, 0.1) is 11.8 Å². The van der Waals surface area contributed by atoms with Gasteiger partial charge in [-0.25, -0.2) is 4.79 Å². The molecule has 1 saturated carbocycles. The number of hydrogen-bond acceptors (Lipinski definition) is 2. The lowest BCUT2D eigenvalue weighted by Gasteiger charge is -2.29. The largest absolute Gasteiger partial charge is 0.481 e. The Kier molecular flexibility index (Phi) is 5.86. The number of rotatable bonds is 4. The van der Waals surface area contributed by atoms with Crippen molar-refractivity contribution in [3.8, 4) is 0 Å². The van der Waals surface area contributed by atoms with Gasteiger partial charge in [0.2, 0.25) is 0 Å². The van der Waals surface area contributed by atoms with E-state index in [1.807, 2.05) is 5.32 Å². The van der Waals surface area contributed by atoms with Crippen LogP contribution in [0.25, 0.3) is 0 Å². The maximum absolute atomic E-state index is 12.7. The Morgan fingerprint density at radius 3 is 2.05 bits per heavy atom. The van der Waals surface area contributed by atoms with Gasteiger partial charge in [0, 0.05) is 6.04 Å². The van der Waals surface area contributed by atoms with Crippen LogP contribution in [-0.4, -0.2) is 35.4 Å². The van der Waals surface area contributed by atoms with Gasteiger partial charge >= 0.3 is 18.2 Å². The average molecular weight is 310 g/mol. The Morgan fingerprint density at radius 1 is 1.14 bits per heavy atom. The predicted octanol–water partition coefficient (Wildman–Crippen LogP) is 2.52. The first kappa shape index (κ1) is 17.6. The fourth-order valence-corrected chi connectivity index (χ4v) is 2.48. The first-order chi connectivity index (χ1) is 9.61. The number of carbonyl (C=O) groups is 2. The van der Waals surface area contributed by atoms with Crippen molar-refractivity contribution >= 4 is 12.0 Å². The zero-order valence-corrected chi connectivity index (χ0v) is 12.0. The van der Waals surface area contributed by atoms with Crippen molar-refractivity contribution < 1.29 is 27.9 Å². The molecule has 2 amide bonds. The summed E-state index contributed by atoms with van der Waals surface area (Å²) < 4.78 is 38.2. The lowest BCUT2D eigenvalue weighted by Crippen LogP contribution is -2.54. The summed E-state index contributed by atoms with van der Waals surface area (Å²) in [6.07, 6.45) is -2.72. The van der Waals surface area contributed by atoms with Gasteiger partial charge in [-0.05, 0) is 31.6 Å². The van der Waals surface area contributed by atoms with Crippen LogP contribution in [0.15, 0.2) is 0 Å². The highest BCUT2D eigenvalue weighted by Gasteiger charge is 2.42. The van der Waals surface area contributed by atoms with Gasteiger partial charge in [-0.15, -0.1) is 0 Å². The molecule has 0 bridgehead atoms. The minimum atomic E-state index is -4.49. The lowest BCUT2D eigenvalue weighted by molar-refractivity contribution is -0.162. The average Bonchev–Trinajstić information content (AvgIpc) is 2.35. The van der Waals surface area contributed by atoms with Crippen LogP contribution in [0.3, 0.4) is 0 Å². The van der Waals surface area contributed by atoms with E-state index in [0.29, 0.717) is 25.7 Å². The molecule has 5 nitrogen and oxygen atoms in total. The highest BCUT2D eigenvalue weighted by atomic mass is 19.4. The van der Waals surface area contributed by atoms with E-state index < -0.39 is 36.1 Å². The Balaban J connectivity index is 2.45. The van der Waals surface area contributed by atoms with Gasteiger partial charge in [-0.2, -0.15) is 13.2 Å². The van der Waals surface area contributed by atoms with Crippen molar-refractivity contribution in [2.24, 2.45) is 11.8 Å². The number of urea groups is 1. The monoisotopic (exact) mass is 310 g/mol. The maximum atomic E-state index is 12.7. The molecule has 0 aromatic carbocycles. The van der Waals surface area contributed by atoms with Gasteiger partial charge in [0.1, 0.15) is 6.04 Å². The van der Waals surface area contributed by atoms with Gasteiger partial charge < -0.3 is 15.7 Å². The number of amides is 2. The molecule has 0 aromatic rings. The topological polar surface area (TPSA) is 78.4 Å². The summed E-state index contributed by atoms with van der Waals surface area (Å²) in [6.45, 7) is 2.77. The molecule has 3 N–H and O–H groups in total. The second kappa shape index (κ2) is 7.00. The molecule has 1 aliphatic carbocycles. The number of carboxylic acids is 1. The van der Waals surface area contributed by atoms with E-state index in [1.165, 1.54) is 13.8 Å². The number of nitrogens with one attached hydrogen (secondary N) is 2. The molecule has 8 heteroatoms. The van der Waals surface area contributed by atoms with Crippen molar-refractivity contribution in [3.05, 3.63) is 0 Å². The third-order valence-corrected chi connectivity index (χ3v) is 3.72. The van der Waals surface area contributed by atoms with E-state index in [9.17, 15) is 22.8 Å². The third-order valence-electron chi connectivity index (χ3n) is 3.72. The van der Waals surface area contributed by atoms with Crippen LogP contribution < -0.4 is 10.6 Å². The summed E-state index contributed by atoms with van der Waals surface area (Å²) in [6, 6.07) is -3.03. The van der Waals surface area contributed by atoms with E-state index >= 15 is 0 Å². The van der Waals surface area contributed by atoms with Gasteiger partial charge in [0.05, 0.1) is 5.92 Å². The molecule has 21 heavy (non-hydrogen) atoms. The van der Waals surface area contributed by atoms with E-state index in [2.05, 4.69) is 5.32 Å². The summed E-state index contributed by atoms with van der Waals surface area (Å²) in [5.74, 6) is -2.06. The Bertz CT molecular complexity index is 377. The summed E-state index contributed by atoms with van der Waals surface area (Å²) in [4.78, 5) is 22.4. The highest BCUT2D eigenvalue weighted by molar-refractivity contribution is 5.75. The van der Waals surface area contributed by atoms with Crippen LogP contribution in [0.4, 0.5) is 18.0 Å². The zero-order chi connectivity index (χ0) is 16.2. The SMILES string of the molecule is CC(C)[C@H](NC(=O)NC1CCC(C(=O)O)CC1)C(F)(F)F. The molecule has 1 fully saturated rings. The summed E-state index contributed by atoms with van der Waals surface area (Å²) >= 11 is 0. The second-order valence-electron chi connectivity index (χ2n) is 5.77. The Hall–Kier alpha value is -1.47. The van der Waals surface area contributed by atoms with Gasteiger partial charge in [0.25, 0.3) is 0 Å². The van der Waals surface area contributed by atoms with Crippen LogP contribution in [0.2, 0.25) is 0 Å². The first-order valence-corrected chi connectivity index (χ1v) is 6.97. The molecule has 0 aliphatic heterocycles. The number of alkyl halides is 3. The second-order valence-corrected chi connectivity index (χ2v) is 5.77. The van der Waals surface area contributed by atoms with Crippen LogP contribution >= 0.6 is 0 Å². The molecular formula is C13H21F3N2O3. The van der Waals surface area contributed by atoms with Gasteiger partial charge in [0.15, 0.2) is 0 Å². The minimum absolute atomic E-state index is 0.276. The molecule has 1 rings (SSSR count). The summed E-state index contributed by atoms with van der Waals surface area (Å²) in [5, 5.41) is 13.3. The normalized spacial score (nSPS) is 24.5. The summed E-state index contributed by atoms with van der Waals surface area (Å²) in [7, 11) is 0.